The maximum Gasteiger partial charge on any atom is 0.407 e. The number of carboxylic acid groups (broad SMARTS) is 1. The van der Waals surface area contributed by atoms with Crippen LogP contribution in [0.3, 0.4) is 0 Å². The molecule has 2 rings (SSSR count). The van der Waals surface area contributed by atoms with Crippen molar-refractivity contribution in [1.82, 2.24) is 4.90 Å². The van der Waals surface area contributed by atoms with Crippen molar-refractivity contribution >= 4 is 11.9 Å². The highest BCUT2D eigenvalue weighted by Gasteiger charge is 2.62. The van der Waals surface area contributed by atoms with Gasteiger partial charge < -0.3 is 10.0 Å². The van der Waals surface area contributed by atoms with Crippen LogP contribution in [0.4, 0.5) is 13.6 Å². The van der Waals surface area contributed by atoms with Crippen molar-refractivity contribution in [3.63, 3.8) is 0 Å². The first-order valence-corrected chi connectivity index (χ1v) is 5.70. The molecule has 1 amide bonds. The second kappa shape index (κ2) is 3.65. The van der Waals surface area contributed by atoms with Gasteiger partial charge in [0.25, 0.3) is 0 Å². The van der Waals surface area contributed by atoms with E-state index in [0.29, 0.717) is 0 Å². The van der Waals surface area contributed by atoms with Crippen LogP contribution in [0, 0.1) is 11.3 Å². The van der Waals surface area contributed by atoms with Crippen molar-refractivity contribution in [2.45, 2.75) is 32.1 Å². The lowest BCUT2D eigenvalue weighted by molar-refractivity contribution is -0.150. The number of hydrogen-bond acceptors (Lipinski definition) is 2. The summed E-state index contributed by atoms with van der Waals surface area (Å²) in [6, 6.07) is 0. The van der Waals surface area contributed by atoms with Crippen molar-refractivity contribution < 1.29 is 23.5 Å². The Bertz CT molecular complexity index is 362. The minimum atomic E-state index is -3.24. The number of likely N-dealkylation sites (tertiary alicyclic amines) is 1. The molecule has 0 radical (unpaired) electrons. The van der Waals surface area contributed by atoms with Crippen LogP contribution >= 0.6 is 0 Å². The van der Waals surface area contributed by atoms with Crippen LogP contribution in [-0.4, -0.2) is 40.9 Å². The summed E-state index contributed by atoms with van der Waals surface area (Å²) in [6.45, 7) is 1.73. The number of carbonyl (C=O) groups excluding carboxylic acids is 1. The van der Waals surface area contributed by atoms with Gasteiger partial charge in [-0.05, 0) is 19.3 Å². The van der Waals surface area contributed by atoms with E-state index in [9.17, 15) is 18.4 Å². The summed E-state index contributed by atoms with van der Waals surface area (Å²) >= 11 is 0. The highest BCUT2D eigenvalue weighted by molar-refractivity contribution is 5.94. The smallest absolute Gasteiger partial charge is 0.407 e. The predicted molar refractivity (Wildman–Crippen MR) is 55.0 cm³/mol. The third kappa shape index (κ3) is 1.70. The van der Waals surface area contributed by atoms with E-state index in [-0.39, 0.29) is 32.4 Å². The lowest BCUT2D eigenvalue weighted by atomic mass is 9.75. The van der Waals surface area contributed by atoms with E-state index in [1.807, 2.05) is 0 Å². The fraction of sp³-hybridized carbons (Fsp3) is 0.818. The van der Waals surface area contributed by atoms with Gasteiger partial charge in [-0.3, -0.25) is 4.79 Å². The van der Waals surface area contributed by atoms with Gasteiger partial charge in [-0.1, -0.05) is 6.92 Å². The van der Waals surface area contributed by atoms with Crippen LogP contribution in [0.2, 0.25) is 0 Å². The zero-order chi connectivity index (χ0) is 12.8. The van der Waals surface area contributed by atoms with Crippen molar-refractivity contribution in [3.8, 4) is 0 Å². The topological polar surface area (TPSA) is 57.6 Å². The summed E-state index contributed by atoms with van der Waals surface area (Å²) in [4.78, 5) is 23.7. The summed E-state index contributed by atoms with van der Waals surface area (Å²) < 4.78 is 27.1. The lowest BCUT2D eigenvalue weighted by Crippen LogP contribution is -2.46. The van der Waals surface area contributed by atoms with Crippen LogP contribution < -0.4 is 0 Å². The summed E-state index contributed by atoms with van der Waals surface area (Å²) in [5.41, 5.74) is -0.991. The summed E-state index contributed by atoms with van der Waals surface area (Å²) in [5.74, 6) is -5.17. The summed E-state index contributed by atoms with van der Waals surface area (Å²) in [5, 5.41) is 8.78. The van der Waals surface area contributed by atoms with Crippen LogP contribution in [0.25, 0.3) is 0 Å². The van der Waals surface area contributed by atoms with E-state index in [4.69, 9.17) is 5.11 Å². The number of alkyl halides is 2. The van der Waals surface area contributed by atoms with E-state index in [1.165, 1.54) is 11.8 Å². The molecule has 17 heavy (non-hydrogen) atoms. The largest absolute Gasteiger partial charge is 0.465 e. The monoisotopic (exact) mass is 247 g/mol. The van der Waals surface area contributed by atoms with Crippen LogP contribution in [0.1, 0.15) is 26.2 Å². The van der Waals surface area contributed by atoms with Gasteiger partial charge in [-0.2, -0.15) is 8.78 Å². The Morgan fingerprint density at radius 3 is 2.29 bits per heavy atom. The first-order chi connectivity index (χ1) is 7.79. The molecule has 1 heterocycles. The average molecular weight is 247 g/mol. The van der Waals surface area contributed by atoms with Gasteiger partial charge >= 0.3 is 12.0 Å². The van der Waals surface area contributed by atoms with Gasteiger partial charge in [0.1, 0.15) is 0 Å². The molecule has 2 fully saturated rings. The SMILES string of the molecule is CC1CC2(CCN(C(=O)O)CC2)C(=O)C1(F)F. The number of Topliss-reactive ketones (excluding diaryl/α,β-unsaturated/α-hetero) is 1. The molecule has 1 N–H and O–H groups in total. The molecule has 1 aliphatic heterocycles. The third-order valence-electron chi connectivity index (χ3n) is 4.09. The number of piperidine rings is 1. The van der Waals surface area contributed by atoms with Gasteiger partial charge in [-0.15, -0.1) is 0 Å². The molecule has 0 aromatic carbocycles. The average Bonchev–Trinajstić information content (AvgIpc) is 2.42. The number of rotatable bonds is 0. The molecule has 2 aliphatic rings. The van der Waals surface area contributed by atoms with E-state index >= 15 is 0 Å². The molecule has 6 heteroatoms. The Balaban J connectivity index is 2.14. The molecule has 1 aliphatic carbocycles. The number of hydrogen-bond donors (Lipinski definition) is 1. The molecule has 1 atom stereocenters. The first kappa shape index (κ1) is 12.3. The van der Waals surface area contributed by atoms with E-state index in [1.54, 1.807) is 0 Å². The zero-order valence-corrected chi connectivity index (χ0v) is 9.58. The number of nitrogens with zero attached hydrogens (tertiary/aromatic N) is 1. The Morgan fingerprint density at radius 2 is 1.94 bits per heavy atom. The maximum atomic E-state index is 13.5. The van der Waals surface area contributed by atoms with Gasteiger partial charge in [0.05, 0.1) is 0 Å². The molecular weight excluding hydrogens is 232 g/mol. The van der Waals surface area contributed by atoms with Crippen LogP contribution in [0.15, 0.2) is 0 Å². The number of carbonyl (C=O) groups is 2. The Morgan fingerprint density at radius 1 is 1.41 bits per heavy atom. The summed E-state index contributed by atoms with van der Waals surface area (Å²) in [6.07, 6.45) is -0.437. The van der Waals surface area contributed by atoms with E-state index in [0.717, 1.165) is 0 Å². The van der Waals surface area contributed by atoms with Gasteiger partial charge in [-0.25, -0.2) is 4.79 Å². The molecule has 1 saturated carbocycles. The molecular formula is C11H15F2NO3. The minimum absolute atomic E-state index is 0.171. The summed E-state index contributed by atoms with van der Waals surface area (Å²) in [7, 11) is 0. The molecule has 4 nitrogen and oxygen atoms in total. The lowest BCUT2D eigenvalue weighted by Gasteiger charge is -2.36. The number of halogens is 2. The third-order valence-corrected chi connectivity index (χ3v) is 4.09. The molecule has 0 bridgehead atoms. The fourth-order valence-electron chi connectivity index (χ4n) is 2.94. The fourth-order valence-corrected chi connectivity index (χ4v) is 2.94. The van der Waals surface area contributed by atoms with Gasteiger partial charge in [0, 0.05) is 24.4 Å². The molecule has 1 saturated heterocycles. The number of amides is 1. The Kier molecular flexibility index (Phi) is 2.63. The molecule has 0 aromatic rings. The Labute approximate surface area is 97.6 Å². The quantitative estimate of drug-likeness (QED) is 0.712. The second-order valence-electron chi connectivity index (χ2n) is 5.11. The Hall–Kier alpha value is -1.20. The highest BCUT2D eigenvalue weighted by Crippen LogP contribution is 2.52. The van der Waals surface area contributed by atoms with Crippen LogP contribution in [-0.2, 0) is 4.79 Å². The van der Waals surface area contributed by atoms with Crippen molar-refractivity contribution in [1.29, 1.82) is 0 Å². The highest BCUT2D eigenvalue weighted by atomic mass is 19.3. The first-order valence-electron chi connectivity index (χ1n) is 5.70. The van der Waals surface area contributed by atoms with Crippen molar-refractivity contribution in [3.05, 3.63) is 0 Å². The predicted octanol–water partition coefficient (Wildman–Crippen LogP) is 1.99. The molecule has 96 valence electrons. The minimum Gasteiger partial charge on any atom is -0.465 e. The second-order valence-corrected chi connectivity index (χ2v) is 5.11. The molecule has 0 aromatic heterocycles. The van der Waals surface area contributed by atoms with Crippen molar-refractivity contribution in [2.24, 2.45) is 11.3 Å². The number of ketones is 1. The molecule has 1 unspecified atom stereocenters. The normalized spacial score (nSPS) is 30.9. The molecule has 1 spiro atoms. The maximum absolute atomic E-state index is 13.5. The van der Waals surface area contributed by atoms with Gasteiger partial charge in [0.2, 0.25) is 5.78 Å². The van der Waals surface area contributed by atoms with Crippen LogP contribution in [0.5, 0.6) is 0 Å². The standard InChI is InChI=1S/C11H15F2NO3/c1-7-6-10(8(15)11(7,12)13)2-4-14(5-3-10)9(16)17/h7H,2-6H2,1H3,(H,16,17). The van der Waals surface area contributed by atoms with E-state index < -0.39 is 29.1 Å². The zero-order valence-electron chi connectivity index (χ0n) is 9.58. The van der Waals surface area contributed by atoms with Crippen molar-refractivity contribution in [2.75, 3.05) is 13.1 Å². The van der Waals surface area contributed by atoms with Gasteiger partial charge in [0.15, 0.2) is 0 Å². The van der Waals surface area contributed by atoms with E-state index in [2.05, 4.69) is 0 Å².